The van der Waals surface area contributed by atoms with E-state index in [0.29, 0.717) is 24.3 Å². The molecule has 7 heteroatoms. The molecule has 0 aromatic heterocycles. The predicted octanol–water partition coefficient (Wildman–Crippen LogP) is 5.97. The minimum atomic E-state index is -1.07. The zero-order chi connectivity index (χ0) is 25.5. The van der Waals surface area contributed by atoms with Crippen LogP contribution in [0.25, 0.3) is 0 Å². The molecule has 4 unspecified atom stereocenters. The number of carboxylic acid groups (broad SMARTS) is 2. The van der Waals surface area contributed by atoms with Crippen molar-refractivity contribution in [1.82, 2.24) is 0 Å². The van der Waals surface area contributed by atoms with E-state index in [4.69, 9.17) is 14.2 Å². The molecule has 35 heavy (non-hydrogen) atoms. The average Bonchev–Trinajstić information content (AvgIpc) is 2.85. The van der Waals surface area contributed by atoms with Crippen molar-refractivity contribution in [2.75, 3.05) is 0 Å². The Morgan fingerprint density at radius 1 is 0.686 bits per heavy atom. The Morgan fingerprint density at radius 3 is 1.37 bits per heavy atom. The molecule has 0 bridgehead atoms. The lowest BCUT2D eigenvalue weighted by atomic mass is 10.0. The summed E-state index contributed by atoms with van der Waals surface area (Å²) in [6.07, 6.45) is 2.38. The molecular weight excluding hydrogens is 448 g/mol. The van der Waals surface area contributed by atoms with Gasteiger partial charge in [0.2, 0.25) is 0 Å². The van der Waals surface area contributed by atoms with Crippen molar-refractivity contribution in [3.05, 3.63) is 60.7 Å². The summed E-state index contributed by atoms with van der Waals surface area (Å²) in [5, 5.41) is 19.6. The summed E-state index contributed by atoms with van der Waals surface area (Å²) in [7, 11) is 0. The summed E-state index contributed by atoms with van der Waals surface area (Å²) >= 11 is 0. The smallest absolute Gasteiger partial charge is 0.344 e. The second-order valence-corrected chi connectivity index (χ2v) is 8.65. The fourth-order valence-electron chi connectivity index (χ4n) is 3.82. The third kappa shape index (κ3) is 10.8. The Bertz CT molecular complexity index is 785. The highest BCUT2D eigenvalue weighted by Crippen LogP contribution is 2.24. The molecule has 0 heterocycles. The van der Waals surface area contributed by atoms with Crippen molar-refractivity contribution in [1.29, 1.82) is 0 Å². The van der Waals surface area contributed by atoms with Crippen LogP contribution in [0.5, 0.6) is 11.5 Å². The lowest BCUT2D eigenvalue weighted by molar-refractivity contribution is -0.150. The van der Waals surface area contributed by atoms with Gasteiger partial charge in [0.1, 0.15) is 11.5 Å². The number of hydrogen-bond donors (Lipinski definition) is 2. The van der Waals surface area contributed by atoms with Crippen molar-refractivity contribution in [2.24, 2.45) is 0 Å². The second kappa shape index (κ2) is 15.8. The zero-order valence-corrected chi connectivity index (χ0v) is 20.7. The van der Waals surface area contributed by atoms with Gasteiger partial charge in [0, 0.05) is 12.8 Å². The normalized spacial score (nSPS) is 14.5. The van der Waals surface area contributed by atoms with Crippen molar-refractivity contribution in [3.8, 4) is 11.5 Å². The summed E-state index contributed by atoms with van der Waals surface area (Å²) in [6, 6.07) is 17.7. The van der Waals surface area contributed by atoms with Crippen LogP contribution in [0.4, 0.5) is 0 Å². The molecule has 0 aliphatic heterocycles. The van der Waals surface area contributed by atoms with Crippen LogP contribution in [0.15, 0.2) is 60.7 Å². The fourth-order valence-corrected chi connectivity index (χ4v) is 3.82. The number of para-hydroxylation sites is 2. The van der Waals surface area contributed by atoms with Crippen LogP contribution in [0, 0.1) is 0 Å². The van der Waals surface area contributed by atoms with Gasteiger partial charge in [0.25, 0.3) is 0 Å². The molecule has 0 spiro atoms. The minimum absolute atomic E-state index is 0.171. The van der Waals surface area contributed by atoms with Gasteiger partial charge < -0.3 is 24.4 Å². The summed E-state index contributed by atoms with van der Waals surface area (Å²) in [6.45, 7) is 4.13. The van der Waals surface area contributed by atoms with E-state index in [2.05, 4.69) is 13.8 Å². The van der Waals surface area contributed by atoms with Crippen LogP contribution < -0.4 is 9.47 Å². The van der Waals surface area contributed by atoms with Crippen LogP contribution >= 0.6 is 0 Å². The zero-order valence-electron chi connectivity index (χ0n) is 20.7. The van der Waals surface area contributed by atoms with Crippen LogP contribution in [0.3, 0.4) is 0 Å². The lowest BCUT2D eigenvalue weighted by Crippen LogP contribution is -2.37. The number of carbonyl (C=O) groups is 2. The maximum absolute atomic E-state index is 12.0. The Balaban J connectivity index is 2.14. The van der Waals surface area contributed by atoms with Gasteiger partial charge in [0.15, 0.2) is 12.2 Å². The molecule has 0 amide bonds. The lowest BCUT2D eigenvalue weighted by Gasteiger charge is -2.29. The first-order chi connectivity index (χ1) is 16.9. The summed E-state index contributed by atoms with van der Waals surface area (Å²) in [5.41, 5.74) is 0. The van der Waals surface area contributed by atoms with Gasteiger partial charge in [-0.2, -0.15) is 0 Å². The van der Waals surface area contributed by atoms with E-state index in [1.807, 2.05) is 12.1 Å². The summed E-state index contributed by atoms with van der Waals surface area (Å²) < 4.78 is 17.9. The molecule has 0 aliphatic carbocycles. The molecule has 0 radical (unpaired) electrons. The SMILES string of the molecule is CCCCC(CC(Oc1ccccc1)C(=O)O)OC(CCCC)CC(Oc1ccccc1)C(=O)O. The number of carboxylic acids is 2. The summed E-state index contributed by atoms with van der Waals surface area (Å²) in [4.78, 5) is 23.9. The van der Waals surface area contributed by atoms with Gasteiger partial charge >= 0.3 is 11.9 Å². The van der Waals surface area contributed by atoms with E-state index in [1.54, 1.807) is 48.5 Å². The third-order valence-electron chi connectivity index (χ3n) is 5.69. The maximum Gasteiger partial charge on any atom is 0.344 e. The van der Waals surface area contributed by atoms with Gasteiger partial charge in [-0.1, -0.05) is 75.9 Å². The molecule has 0 saturated carbocycles. The number of hydrogen-bond acceptors (Lipinski definition) is 5. The highest BCUT2D eigenvalue weighted by molar-refractivity contribution is 5.73. The first-order valence-electron chi connectivity index (χ1n) is 12.5. The molecule has 0 aliphatic rings. The number of rotatable bonds is 18. The first-order valence-corrected chi connectivity index (χ1v) is 12.5. The van der Waals surface area contributed by atoms with Gasteiger partial charge in [-0.3, -0.25) is 0 Å². The van der Waals surface area contributed by atoms with Gasteiger partial charge in [-0.05, 0) is 37.1 Å². The predicted molar refractivity (Wildman–Crippen MR) is 134 cm³/mol. The van der Waals surface area contributed by atoms with Crippen LogP contribution in [0.1, 0.15) is 65.2 Å². The number of ether oxygens (including phenoxy) is 3. The van der Waals surface area contributed by atoms with Gasteiger partial charge in [-0.25, -0.2) is 9.59 Å². The molecule has 2 aromatic carbocycles. The highest BCUT2D eigenvalue weighted by atomic mass is 16.5. The minimum Gasteiger partial charge on any atom is -0.479 e. The fraction of sp³-hybridized carbons (Fsp3) is 0.500. The van der Waals surface area contributed by atoms with Gasteiger partial charge in [0.05, 0.1) is 12.2 Å². The first kappa shape index (κ1) is 28.2. The van der Waals surface area contributed by atoms with Crippen molar-refractivity contribution >= 4 is 11.9 Å². The Hall–Kier alpha value is -3.06. The number of aliphatic carboxylic acids is 2. The molecule has 2 N–H and O–H groups in total. The monoisotopic (exact) mass is 486 g/mol. The van der Waals surface area contributed by atoms with Crippen LogP contribution in [0.2, 0.25) is 0 Å². The van der Waals surface area contributed by atoms with Crippen molar-refractivity contribution < 1.29 is 34.0 Å². The molecule has 192 valence electrons. The molecule has 2 rings (SSSR count). The number of benzene rings is 2. The summed E-state index contributed by atoms with van der Waals surface area (Å²) in [5.74, 6) is -1.14. The van der Waals surface area contributed by atoms with Gasteiger partial charge in [-0.15, -0.1) is 0 Å². The standard InChI is InChI=1S/C28H38O7/c1-3-5-13-23(19-25(27(29)30)34-21-15-9-7-10-16-21)33-24(14-6-4-2)20-26(28(31)32)35-22-17-11-8-12-18-22/h7-12,15-18,23-26H,3-6,13-14,19-20H2,1-2H3,(H,29,30)(H,31,32). The highest BCUT2D eigenvalue weighted by Gasteiger charge is 2.30. The van der Waals surface area contributed by atoms with Crippen LogP contribution in [-0.2, 0) is 14.3 Å². The average molecular weight is 487 g/mol. The topological polar surface area (TPSA) is 102 Å². The van der Waals surface area contributed by atoms with Crippen molar-refractivity contribution in [2.45, 2.75) is 89.6 Å². The van der Waals surface area contributed by atoms with E-state index >= 15 is 0 Å². The quantitative estimate of drug-likeness (QED) is 0.268. The maximum atomic E-state index is 12.0. The Kier molecular flexibility index (Phi) is 12.7. The molecule has 0 saturated heterocycles. The second-order valence-electron chi connectivity index (χ2n) is 8.65. The molecular formula is C28H38O7. The van der Waals surface area contributed by atoms with E-state index in [1.165, 1.54) is 0 Å². The Morgan fingerprint density at radius 2 is 1.06 bits per heavy atom. The van der Waals surface area contributed by atoms with E-state index in [0.717, 1.165) is 25.7 Å². The third-order valence-corrected chi connectivity index (χ3v) is 5.69. The Labute approximate surface area is 208 Å². The molecule has 0 fully saturated rings. The van der Waals surface area contributed by atoms with Crippen molar-refractivity contribution in [3.63, 3.8) is 0 Å². The van der Waals surface area contributed by atoms with E-state index < -0.39 is 24.1 Å². The molecule has 2 aromatic rings. The van der Waals surface area contributed by atoms with Crippen LogP contribution in [-0.4, -0.2) is 46.6 Å². The van der Waals surface area contributed by atoms with E-state index in [9.17, 15) is 19.8 Å². The number of unbranched alkanes of at least 4 members (excludes halogenated alkanes) is 2. The molecule has 7 nitrogen and oxygen atoms in total. The van der Waals surface area contributed by atoms with E-state index in [-0.39, 0.29) is 25.0 Å². The molecule has 4 atom stereocenters. The largest absolute Gasteiger partial charge is 0.479 e.